The maximum absolute atomic E-state index is 13.6. The van der Waals surface area contributed by atoms with E-state index in [1.165, 1.54) is 25.4 Å². The predicted molar refractivity (Wildman–Crippen MR) is 75.9 cm³/mol. The molecule has 0 saturated carbocycles. The van der Waals surface area contributed by atoms with E-state index in [0.717, 1.165) is 0 Å². The van der Waals surface area contributed by atoms with Crippen LogP contribution < -0.4 is 10.6 Å². The summed E-state index contributed by atoms with van der Waals surface area (Å²) >= 11 is 0. The van der Waals surface area contributed by atoms with Crippen molar-refractivity contribution in [3.63, 3.8) is 0 Å². The molecule has 2 heterocycles. The molecule has 2 aromatic heterocycles. The highest BCUT2D eigenvalue weighted by atomic mass is 19.4. The first-order valence-corrected chi connectivity index (χ1v) is 6.40. The summed E-state index contributed by atoms with van der Waals surface area (Å²) in [5, 5.41) is 11.8. The lowest BCUT2D eigenvalue weighted by atomic mass is 10.2. The second-order valence-electron chi connectivity index (χ2n) is 4.58. The zero-order chi connectivity index (χ0) is 16.6. The minimum atomic E-state index is -4.56. The fourth-order valence-electron chi connectivity index (χ4n) is 2.07. The lowest BCUT2D eigenvalue weighted by Crippen LogP contribution is -2.12. The maximum Gasteiger partial charge on any atom is 0.421 e. The number of hydrogen-bond donors (Lipinski definition) is 3. The van der Waals surface area contributed by atoms with Gasteiger partial charge in [0.05, 0.1) is 11.9 Å². The van der Waals surface area contributed by atoms with Crippen LogP contribution in [0, 0.1) is 5.82 Å². The van der Waals surface area contributed by atoms with Gasteiger partial charge >= 0.3 is 6.18 Å². The number of H-pyrrole nitrogens is 1. The first kappa shape index (κ1) is 15.0. The molecule has 3 rings (SSSR count). The summed E-state index contributed by atoms with van der Waals surface area (Å²) in [7, 11) is 1.33. The maximum atomic E-state index is 13.6. The SMILES string of the molecule is CNc1nc(Nc2ccc(F)c3[nH]ncc23)ncc1C(F)(F)F. The highest BCUT2D eigenvalue weighted by Crippen LogP contribution is 2.34. The van der Waals surface area contributed by atoms with E-state index in [-0.39, 0.29) is 17.3 Å². The van der Waals surface area contributed by atoms with E-state index in [1.807, 2.05) is 0 Å². The highest BCUT2D eigenvalue weighted by molar-refractivity contribution is 5.92. The average molecular weight is 326 g/mol. The van der Waals surface area contributed by atoms with Gasteiger partial charge in [-0.25, -0.2) is 9.37 Å². The lowest BCUT2D eigenvalue weighted by molar-refractivity contribution is -0.137. The Balaban J connectivity index is 1.99. The van der Waals surface area contributed by atoms with E-state index < -0.39 is 17.6 Å². The second kappa shape index (κ2) is 5.38. The van der Waals surface area contributed by atoms with Crippen molar-refractivity contribution in [1.29, 1.82) is 0 Å². The van der Waals surface area contributed by atoms with E-state index in [2.05, 4.69) is 30.8 Å². The summed E-state index contributed by atoms with van der Waals surface area (Å²) in [5.74, 6) is -0.913. The Hall–Kier alpha value is -2.91. The molecular weight excluding hydrogens is 316 g/mol. The summed E-state index contributed by atoms with van der Waals surface area (Å²) in [4.78, 5) is 7.44. The van der Waals surface area contributed by atoms with Crippen LogP contribution in [0.2, 0.25) is 0 Å². The number of anilines is 3. The standard InChI is InChI=1S/C13H10F4N6/c1-18-11-7(13(15,16)17)5-19-12(22-11)21-9-3-2-8(14)10-6(9)4-20-23-10/h2-5H,1H3,(H,20,23)(H2,18,19,21,22). The number of hydrogen-bond acceptors (Lipinski definition) is 5. The van der Waals surface area contributed by atoms with Crippen LogP contribution in [0.1, 0.15) is 5.56 Å². The van der Waals surface area contributed by atoms with E-state index in [0.29, 0.717) is 17.3 Å². The van der Waals surface area contributed by atoms with E-state index in [1.54, 1.807) is 0 Å². The quantitative estimate of drug-likeness (QED) is 0.644. The molecule has 0 aliphatic rings. The zero-order valence-electron chi connectivity index (χ0n) is 11.7. The van der Waals surface area contributed by atoms with Gasteiger partial charge in [-0.05, 0) is 12.1 Å². The van der Waals surface area contributed by atoms with Crippen LogP contribution in [-0.2, 0) is 6.18 Å². The van der Waals surface area contributed by atoms with Gasteiger partial charge < -0.3 is 10.6 Å². The number of fused-ring (bicyclic) bond motifs is 1. The Bertz CT molecular complexity index is 857. The number of halogens is 4. The van der Waals surface area contributed by atoms with Gasteiger partial charge in [0.15, 0.2) is 0 Å². The van der Waals surface area contributed by atoms with Gasteiger partial charge in [0.2, 0.25) is 5.95 Å². The molecule has 0 atom stereocenters. The molecule has 0 aliphatic heterocycles. The van der Waals surface area contributed by atoms with Gasteiger partial charge in [0.1, 0.15) is 22.7 Å². The van der Waals surface area contributed by atoms with Crippen molar-refractivity contribution in [3.05, 3.63) is 35.9 Å². The van der Waals surface area contributed by atoms with Crippen LogP contribution in [0.3, 0.4) is 0 Å². The molecule has 0 saturated heterocycles. The number of nitrogens with one attached hydrogen (secondary N) is 3. The third-order valence-electron chi connectivity index (χ3n) is 3.14. The third-order valence-corrected chi connectivity index (χ3v) is 3.14. The molecule has 0 aliphatic carbocycles. The fraction of sp³-hybridized carbons (Fsp3) is 0.154. The van der Waals surface area contributed by atoms with Crippen LogP contribution >= 0.6 is 0 Å². The van der Waals surface area contributed by atoms with Crippen molar-refractivity contribution in [1.82, 2.24) is 20.2 Å². The molecule has 0 unspecified atom stereocenters. The Morgan fingerprint density at radius 3 is 2.65 bits per heavy atom. The Labute approximate surface area is 126 Å². The van der Waals surface area contributed by atoms with Gasteiger partial charge in [0, 0.05) is 18.6 Å². The van der Waals surface area contributed by atoms with Crippen LogP contribution in [0.15, 0.2) is 24.5 Å². The monoisotopic (exact) mass is 326 g/mol. The molecule has 0 radical (unpaired) electrons. The molecule has 10 heteroatoms. The summed E-state index contributed by atoms with van der Waals surface area (Å²) in [6, 6.07) is 2.62. The predicted octanol–water partition coefficient (Wildman–Crippen LogP) is 3.30. The smallest absolute Gasteiger partial charge is 0.372 e. The third kappa shape index (κ3) is 2.74. The van der Waals surface area contributed by atoms with Gasteiger partial charge in [-0.2, -0.15) is 23.3 Å². The molecule has 0 bridgehead atoms. The number of nitrogens with zero attached hydrogens (tertiary/aromatic N) is 3. The molecule has 0 spiro atoms. The van der Waals surface area contributed by atoms with E-state index in [9.17, 15) is 17.6 Å². The molecule has 0 amide bonds. The van der Waals surface area contributed by atoms with Crippen LogP contribution in [0.25, 0.3) is 10.9 Å². The van der Waals surface area contributed by atoms with Crippen molar-refractivity contribution in [2.24, 2.45) is 0 Å². The normalized spacial score (nSPS) is 11.7. The summed E-state index contributed by atoms with van der Waals surface area (Å²) in [5.41, 5.74) is -0.383. The van der Waals surface area contributed by atoms with Crippen molar-refractivity contribution in [2.45, 2.75) is 6.18 Å². The zero-order valence-corrected chi connectivity index (χ0v) is 11.7. The van der Waals surface area contributed by atoms with Crippen LogP contribution in [0.4, 0.5) is 35.0 Å². The summed E-state index contributed by atoms with van der Waals surface area (Å²) in [6.45, 7) is 0. The number of rotatable bonds is 3. The minimum absolute atomic E-state index is 0.0588. The van der Waals surface area contributed by atoms with Gasteiger partial charge in [-0.15, -0.1) is 0 Å². The molecule has 3 aromatic rings. The molecule has 0 fully saturated rings. The van der Waals surface area contributed by atoms with Crippen LogP contribution in [0.5, 0.6) is 0 Å². The van der Waals surface area contributed by atoms with Gasteiger partial charge in [-0.3, -0.25) is 5.10 Å². The topological polar surface area (TPSA) is 78.5 Å². The van der Waals surface area contributed by atoms with E-state index in [4.69, 9.17) is 0 Å². The Kier molecular flexibility index (Phi) is 3.51. The highest BCUT2D eigenvalue weighted by Gasteiger charge is 2.35. The molecular formula is C13H10F4N6. The fourth-order valence-corrected chi connectivity index (χ4v) is 2.07. The number of aromatic amines is 1. The molecule has 6 nitrogen and oxygen atoms in total. The van der Waals surface area contributed by atoms with Gasteiger partial charge in [0.25, 0.3) is 0 Å². The second-order valence-corrected chi connectivity index (χ2v) is 4.58. The Morgan fingerprint density at radius 2 is 1.96 bits per heavy atom. The number of aromatic nitrogens is 4. The van der Waals surface area contributed by atoms with Crippen LogP contribution in [-0.4, -0.2) is 27.2 Å². The summed E-state index contributed by atoms with van der Waals surface area (Å²) in [6.07, 6.45) is -2.49. The van der Waals surface area contributed by atoms with Gasteiger partial charge in [-0.1, -0.05) is 0 Å². The first-order valence-electron chi connectivity index (χ1n) is 6.40. The molecule has 1 aromatic carbocycles. The largest absolute Gasteiger partial charge is 0.421 e. The number of benzene rings is 1. The molecule has 3 N–H and O–H groups in total. The minimum Gasteiger partial charge on any atom is -0.372 e. The average Bonchev–Trinajstić information content (AvgIpc) is 2.99. The first-order chi connectivity index (χ1) is 10.9. The van der Waals surface area contributed by atoms with Crippen molar-refractivity contribution >= 4 is 28.4 Å². The number of alkyl halides is 3. The lowest BCUT2D eigenvalue weighted by Gasteiger charge is -2.13. The summed E-state index contributed by atoms with van der Waals surface area (Å²) < 4.78 is 52.0. The van der Waals surface area contributed by atoms with E-state index >= 15 is 0 Å². The molecule has 23 heavy (non-hydrogen) atoms. The van der Waals surface area contributed by atoms with Crippen molar-refractivity contribution in [3.8, 4) is 0 Å². The van der Waals surface area contributed by atoms with Crippen molar-refractivity contribution < 1.29 is 17.6 Å². The van der Waals surface area contributed by atoms with Crippen molar-refractivity contribution in [2.75, 3.05) is 17.7 Å². The Morgan fingerprint density at radius 1 is 1.17 bits per heavy atom. The molecule has 120 valence electrons.